The van der Waals surface area contributed by atoms with Crippen LogP contribution in [-0.2, 0) is 0 Å². The second kappa shape index (κ2) is 14.0. The summed E-state index contributed by atoms with van der Waals surface area (Å²) in [5, 5.41) is 4.56. The molecule has 0 bridgehead atoms. The molecule has 0 atom stereocenters. The Morgan fingerprint density at radius 2 is 0.868 bits per heavy atom. The monoisotopic (exact) mass is 490 g/mol. The summed E-state index contributed by atoms with van der Waals surface area (Å²) < 4.78 is 0. The normalized spacial score (nSPS) is 13.0. The molecule has 0 aliphatic rings. The van der Waals surface area contributed by atoms with Crippen LogP contribution in [0.3, 0.4) is 0 Å². The van der Waals surface area contributed by atoms with E-state index in [-0.39, 0.29) is 0 Å². The van der Waals surface area contributed by atoms with E-state index in [4.69, 9.17) is 0 Å². The summed E-state index contributed by atoms with van der Waals surface area (Å²) in [4.78, 5) is 0. The van der Waals surface area contributed by atoms with Gasteiger partial charge < -0.3 is 0 Å². The van der Waals surface area contributed by atoms with Crippen molar-refractivity contribution in [1.82, 2.24) is 0 Å². The van der Waals surface area contributed by atoms with Gasteiger partial charge in [-0.2, -0.15) is 0 Å². The Balaban J connectivity index is 2.64. The maximum atomic E-state index is 3.99. The third-order valence-corrected chi connectivity index (χ3v) is 6.06. The summed E-state index contributed by atoms with van der Waals surface area (Å²) in [6, 6.07) is 15.1. The molecule has 0 amide bonds. The van der Waals surface area contributed by atoms with Gasteiger partial charge in [-0.3, -0.25) is 0 Å². The van der Waals surface area contributed by atoms with Crippen molar-refractivity contribution < 1.29 is 0 Å². The van der Waals surface area contributed by atoms with E-state index in [9.17, 15) is 0 Å². The zero-order chi connectivity index (χ0) is 27.3. The molecule has 0 saturated heterocycles. The second-order valence-electron chi connectivity index (χ2n) is 8.41. The first-order valence-corrected chi connectivity index (χ1v) is 12.5. The van der Waals surface area contributed by atoms with Crippen LogP contribution in [0.2, 0.25) is 0 Å². The van der Waals surface area contributed by atoms with Gasteiger partial charge in [0.05, 0.1) is 0 Å². The molecular weight excluding hydrogens is 456 g/mol. The Labute approximate surface area is 227 Å². The molecule has 186 valence electrons. The molecule has 3 rings (SSSR count). The van der Waals surface area contributed by atoms with E-state index < -0.39 is 0 Å². The fourth-order valence-corrected chi connectivity index (χ4v) is 4.57. The van der Waals surface area contributed by atoms with E-state index in [0.29, 0.717) is 0 Å². The van der Waals surface area contributed by atoms with Crippen molar-refractivity contribution in [2.45, 2.75) is 0 Å². The van der Waals surface area contributed by atoms with Gasteiger partial charge in [-0.05, 0) is 61.0 Å². The fraction of sp³-hybridized carbons (Fsp3) is 0. The standard InChI is InChI=1S/C38H34/c1-7-13-21-29(18-10-4)32-26-27-35-36(28-32)38(31(20-12-6)23-15-9-3)34-25-17-16-24-33(34)37(35)30(19-11-5)22-14-8-2/h7-28H,1-6H2/b21-13-,22-14-,23-15-,29-18+,30-19+,31-20+. The topological polar surface area (TPSA) is 0 Å². The Kier molecular flexibility index (Phi) is 10.2. The summed E-state index contributed by atoms with van der Waals surface area (Å²) in [5.41, 5.74) is 6.52. The van der Waals surface area contributed by atoms with Gasteiger partial charge in [0.2, 0.25) is 0 Å². The zero-order valence-corrected chi connectivity index (χ0v) is 21.9. The average molecular weight is 491 g/mol. The molecule has 0 spiro atoms. The lowest BCUT2D eigenvalue weighted by Crippen LogP contribution is -1.96. The highest BCUT2D eigenvalue weighted by molar-refractivity contribution is 6.18. The highest BCUT2D eigenvalue weighted by Crippen LogP contribution is 2.41. The van der Waals surface area contributed by atoms with Gasteiger partial charge >= 0.3 is 0 Å². The van der Waals surface area contributed by atoms with Gasteiger partial charge in [-0.25, -0.2) is 0 Å². The van der Waals surface area contributed by atoms with Crippen molar-refractivity contribution in [3.63, 3.8) is 0 Å². The van der Waals surface area contributed by atoms with Crippen LogP contribution in [0, 0.1) is 0 Å². The Bertz CT molecular complexity index is 1590. The number of hydrogen-bond donors (Lipinski definition) is 0. The van der Waals surface area contributed by atoms with E-state index in [1.165, 1.54) is 0 Å². The van der Waals surface area contributed by atoms with Gasteiger partial charge in [-0.15, -0.1) is 0 Å². The number of rotatable bonds is 12. The van der Waals surface area contributed by atoms with E-state index in [1.807, 2.05) is 54.7 Å². The van der Waals surface area contributed by atoms with Gasteiger partial charge in [-0.1, -0.05) is 167 Å². The quantitative estimate of drug-likeness (QED) is 0.175. The molecule has 3 aromatic carbocycles. The van der Waals surface area contributed by atoms with Crippen LogP contribution >= 0.6 is 0 Å². The number of fused-ring (bicyclic) bond motifs is 2. The van der Waals surface area contributed by atoms with Gasteiger partial charge in [0.25, 0.3) is 0 Å². The minimum atomic E-state index is 1.05. The predicted molar refractivity (Wildman–Crippen MR) is 174 cm³/mol. The fourth-order valence-electron chi connectivity index (χ4n) is 4.57. The first-order chi connectivity index (χ1) is 18.6. The maximum Gasteiger partial charge on any atom is -0.00262 e. The Morgan fingerprint density at radius 1 is 0.447 bits per heavy atom. The Hall–Kier alpha value is -4.94. The minimum absolute atomic E-state index is 1.05. The molecule has 0 N–H and O–H groups in total. The van der Waals surface area contributed by atoms with Crippen LogP contribution in [0.25, 0.3) is 38.3 Å². The molecule has 0 unspecified atom stereocenters. The lowest BCUT2D eigenvalue weighted by molar-refractivity contribution is 1.63. The van der Waals surface area contributed by atoms with Crippen molar-refractivity contribution >= 4 is 38.3 Å². The Morgan fingerprint density at radius 3 is 1.34 bits per heavy atom. The molecule has 3 aromatic rings. The summed E-state index contributed by atoms with van der Waals surface area (Å²) in [5.74, 6) is 0. The van der Waals surface area contributed by atoms with E-state index in [0.717, 1.165) is 55.0 Å². The van der Waals surface area contributed by atoms with Crippen molar-refractivity contribution in [2.75, 3.05) is 0 Å². The van der Waals surface area contributed by atoms with Crippen LogP contribution in [0.15, 0.2) is 173 Å². The van der Waals surface area contributed by atoms with Crippen LogP contribution in [0.1, 0.15) is 16.7 Å². The summed E-state index contributed by atoms with van der Waals surface area (Å²) in [7, 11) is 0. The molecule has 0 aromatic heterocycles. The molecule has 0 fully saturated rings. The maximum absolute atomic E-state index is 3.99. The predicted octanol–water partition coefficient (Wildman–Crippen LogP) is 10.9. The van der Waals surface area contributed by atoms with E-state index >= 15 is 0 Å². The first-order valence-electron chi connectivity index (χ1n) is 12.5. The smallest absolute Gasteiger partial charge is 0.00262 e. The van der Waals surface area contributed by atoms with Crippen LogP contribution in [0.4, 0.5) is 0 Å². The second-order valence-corrected chi connectivity index (χ2v) is 8.41. The van der Waals surface area contributed by atoms with E-state index in [2.05, 4.69) is 94.1 Å². The molecule has 0 heteroatoms. The molecule has 0 heterocycles. The molecule has 0 radical (unpaired) electrons. The lowest BCUT2D eigenvalue weighted by Gasteiger charge is -2.19. The van der Waals surface area contributed by atoms with Crippen molar-refractivity contribution in [3.8, 4) is 0 Å². The highest BCUT2D eigenvalue weighted by atomic mass is 14.2. The summed E-state index contributed by atoms with van der Waals surface area (Å²) in [6.07, 6.45) is 29.0. The first kappa shape index (κ1) is 27.6. The average Bonchev–Trinajstić information content (AvgIpc) is 2.94. The van der Waals surface area contributed by atoms with Crippen LogP contribution < -0.4 is 0 Å². The molecule has 38 heavy (non-hydrogen) atoms. The molecule has 0 aliphatic carbocycles. The summed E-state index contributed by atoms with van der Waals surface area (Å²) in [6.45, 7) is 23.5. The van der Waals surface area contributed by atoms with Crippen molar-refractivity contribution in [1.29, 1.82) is 0 Å². The zero-order valence-electron chi connectivity index (χ0n) is 21.9. The molecule has 0 aliphatic heterocycles. The van der Waals surface area contributed by atoms with E-state index in [1.54, 1.807) is 24.3 Å². The molecule has 0 saturated carbocycles. The van der Waals surface area contributed by atoms with Gasteiger partial charge in [0, 0.05) is 0 Å². The van der Waals surface area contributed by atoms with Gasteiger partial charge in [0.15, 0.2) is 0 Å². The number of allylic oxidation sites excluding steroid dienone is 18. The third-order valence-electron chi connectivity index (χ3n) is 6.06. The molecule has 0 nitrogen and oxygen atoms in total. The van der Waals surface area contributed by atoms with Gasteiger partial charge in [0.1, 0.15) is 0 Å². The summed E-state index contributed by atoms with van der Waals surface area (Å²) >= 11 is 0. The highest BCUT2D eigenvalue weighted by Gasteiger charge is 2.18. The minimum Gasteiger partial charge on any atom is -0.0991 e. The lowest BCUT2D eigenvalue weighted by atomic mass is 9.84. The number of hydrogen-bond acceptors (Lipinski definition) is 0. The number of benzene rings is 3. The largest absolute Gasteiger partial charge is 0.0991 e. The van der Waals surface area contributed by atoms with Crippen molar-refractivity contribution in [2.24, 2.45) is 0 Å². The third kappa shape index (κ3) is 6.06. The SMILES string of the molecule is C=C/C=C\C(=C/C=C)c1ccc2c(C(/C=C\C=C)=C/C=C)c3ccccc3c(C(/C=C\C=C)=C/C=C)c2c1. The van der Waals surface area contributed by atoms with Crippen molar-refractivity contribution in [3.05, 3.63) is 190 Å². The van der Waals surface area contributed by atoms with Crippen LogP contribution in [-0.4, -0.2) is 0 Å². The molecular formula is C38H34. The van der Waals surface area contributed by atoms with Crippen LogP contribution in [0.5, 0.6) is 0 Å².